The third kappa shape index (κ3) is 6.00. The van der Waals surface area contributed by atoms with E-state index in [9.17, 15) is 9.59 Å². The second kappa shape index (κ2) is 10.8. The van der Waals surface area contributed by atoms with Crippen LogP contribution in [-0.2, 0) is 9.59 Å². The number of hydrogen-bond donors (Lipinski definition) is 1. The molecule has 0 atom stereocenters. The molecule has 6 nitrogen and oxygen atoms in total. The van der Waals surface area contributed by atoms with Crippen LogP contribution in [-0.4, -0.2) is 31.6 Å². The molecule has 2 aromatic carbocycles. The van der Waals surface area contributed by atoms with Crippen molar-refractivity contribution in [3.63, 3.8) is 0 Å². The quantitative estimate of drug-likeness (QED) is 0.548. The van der Waals surface area contributed by atoms with Gasteiger partial charge in [0.05, 0.1) is 12.3 Å². The minimum absolute atomic E-state index is 0.00723. The fraction of sp³-hybridized carbons (Fsp3) is 0.440. The summed E-state index contributed by atoms with van der Waals surface area (Å²) >= 11 is 0. The first-order valence-corrected chi connectivity index (χ1v) is 11.1. The van der Waals surface area contributed by atoms with Crippen LogP contribution in [0.2, 0.25) is 0 Å². The van der Waals surface area contributed by atoms with Gasteiger partial charge in [-0.1, -0.05) is 31.5 Å². The summed E-state index contributed by atoms with van der Waals surface area (Å²) in [6.07, 6.45) is 3.23. The maximum Gasteiger partial charge on any atom is 0.265 e. The van der Waals surface area contributed by atoms with Gasteiger partial charge >= 0.3 is 0 Å². The van der Waals surface area contributed by atoms with Crippen LogP contribution in [0.5, 0.6) is 11.5 Å². The number of aryl methyl sites for hydroxylation is 1. The summed E-state index contributed by atoms with van der Waals surface area (Å²) in [7, 11) is 0. The highest BCUT2D eigenvalue weighted by Gasteiger charge is 2.26. The highest BCUT2D eigenvalue weighted by atomic mass is 16.5. The van der Waals surface area contributed by atoms with Gasteiger partial charge in [-0.05, 0) is 62.9 Å². The fourth-order valence-electron chi connectivity index (χ4n) is 3.63. The highest BCUT2D eigenvalue weighted by Crippen LogP contribution is 2.35. The summed E-state index contributed by atoms with van der Waals surface area (Å²) in [6, 6.07) is 13.5. The molecule has 1 heterocycles. The van der Waals surface area contributed by atoms with Crippen LogP contribution in [0.15, 0.2) is 42.5 Å². The van der Waals surface area contributed by atoms with Gasteiger partial charge in [0.2, 0.25) is 5.91 Å². The van der Waals surface area contributed by atoms with Crippen LogP contribution >= 0.6 is 0 Å². The largest absolute Gasteiger partial charge is 0.494 e. The van der Waals surface area contributed by atoms with Gasteiger partial charge in [0.1, 0.15) is 11.5 Å². The van der Waals surface area contributed by atoms with Crippen molar-refractivity contribution in [2.45, 2.75) is 46.5 Å². The molecule has 1 N–H and O–H groups in total. The minimum atomic E-state index is -0.0737. The van der Waals surface area contributed by atoms with E-state index in [0.29, 0.717) is 30.3 Å². The zero-order valence-corrected chi connectivity index (χ0v) is 18.6. The number of ether oxygens (including phenoxy) is 2. The van der Waals surface area contributed by atoms with Gasteiger partial charge in [-0.3, -0.25) is 9.59 Å². The number of amides is 2. The Kier molecular flexibility index (Phi) is 7.93. The molecule has 0 spiro atoms. The van der Waals surface area contributed by atoms with Crippen molar-refractivity contribution in [2.75, 3.05) is 30.0 Å². The number of rotatable bonds is 10. The van der Waals surface area contributed by atoms with Gasteiger partial charge < -0.3 is 19.7 Å². The van der Waals surface area contributed by atoms with Crippen molar-refractivity contribution >= 4 is 23.2 Å². The lowest BCUT2D eigenvalue weighted by Gasteiger charge is -2.30. The average Bonchev–Trinajstić information content (AvgIpc) is 2.77. The van der Waals surface area contributed by atoms with Crippen LogP contribution in [0.25, 0.3) is 0 Å². The number of hydrogen-bond acceptors (Lipinski definition) is 4. The van der Waals surface area contributed by atoms with Crippen molar-refractivity contribution in [1.29, 1.82) is 0 Å². The maximum absolute atomic E-state index is 12.5. The lowest BCUT2D eigenvalue weighted by molar-refractivity contribution is -0.121. The first-order chi connectivity index (χ1) is 15.0. The van der Waals surface area contributed by atoms with Crippen molar-refractivity contribution < 1.29 is 19.1 Å². The van der Waals surface area contributed by atoms with Crippen LogP contribution in [0, 0.1) is 12.8 Å². The summed E-state index contributed by atoms with van der Waals surface area (Å²) in [5, 5.41) is 2.98. The van der Waals surface area contributed by atoms with Gasteiger partial charge in [-0.2, -0.15) is 0 Å². The molecule has 31 heavy (non-hydrogen) atoms. The molecule has 0 unspecified atom stereocenters. The first-order valence-electron chi connectivity index (χ1n) is 11.1. The molecule has 2 amide bonds. The molecule has 3 rings (SSSR count). The van der Waals surface area contributed by atoms with Crippen LogP contribution < -0.4 is 19.7 Å². The Morgan fingerprint density at radius 1 is 1.13 bits per heavy atom. The maximum atomic E-state index is 12.5. The van der Waals surface area contributed by atoms with E-state index in [1.807, 2.05) is 63.2 Å². The molecule has 0 fully saturated rings. The van der Waals surface area contributed by atoms with E-state index in [2.05, 4.69) is 5.32 Å². The lowest BCUT2D eigenvalue weighted by atomic mass is 10.0. The highest BCUT2D eigenvalue weighted by molar-refractivity contribution is 5.99. The van der Waals surface area contributed by atoms with Gasteiger partial charge in [-0.15, -0.1) is 0 Å². The number of benzene rings is 2. The Morgan fingerprint density at radius 3 is 2.58 bits per heavy atom. The molecule has 0 aliphatic carbocycles. The Morgan fingerprint density at radius 2 is 1.87 bits per heavy atom. The summed E-state index contributed by atoms with van der Waals surface area (Å²) in [5.41, 5.74) is 2.59. The molecule has 0 bridgehead atoms. The predicted molar refractivity (Wildman–Crippen MR) is 123 cm³/mol. The van der Waals surface area contributed by atoms with E-state index in [1.165, 1.54) is 5.56 Å². The summed E-state index contributed by atoms with van der Waals surface area (Å²) in [4.78, 5) is 26.7. The lowest BCUT2D eigenvalue weighted by Crippen LogP contribution is -2.39. The fourth-order valence-corrected chi connectivity index (χ4v) is 3.63. The Bertz CT molecular complexity index is 891. The van der Waals surface area contributed by atoms with E-state index in [4.69, 9.17) is 9.47 Å². The van der Waals surface area contributed by atoms with Gasteiger partial charge in [-0.25, -0.2) is 0 Å². The first kappa shape index (κ1) is 22.7. The van der Waals surface area contributed by atoms with Crippen molar-refractivity contribution in [3.8, 4) is 11.5 Å². The van der Waals surface area contributed by atoms with Crippen LogP contribution in [0.3, 0.4) is 0 Å². The van der Waals surface area contributed by atoms with Gasteiger partial charge in [0.15, 0.2) is 6.61 Å². The zero-order chi connectivity index (χ0) is 22.2. The number of unbranched alkanes of at least 4 members (excludes halogenated alkanes) is 1. The summed E-state index contributed by atoms with van der Waals surface area (Å²) in [6.45, 7) is 7.28. The topological polar surface area (TPSA) is 67.9 Å². The SMILES string of the molecule is CCC(CC)C(=O)Nc1ccc2c(c1)N(CCCCOc1ccc(C)cc1)C(=O)CO2. The van der Waals surface area contributed by atoms with E-state index in [0.717, 1.165) is 31.4 Å². The molecule has 0 saturated carbocycles. The molecule has 0 aromatic heterocycles. The zero-order valence-electron chi connectivity index (χ0n) is 18.6. The van der Waals surface area contributed by atoms with Crippen LogP contribution in [0.1, 0.15) is 45.1 Å². The second-order valence-corrected chi connectivity index (χ2v) is 7.89. The van der Waals surface area contributed by atoms with Gasteiger partial charge in [0.25, 0.3) is 5.91 Å². The van der Waals surface area contributed by atoms with Crippen molar-refractivity contribution in [1.82, 2.24) is 0 Å². The number of nitrogens with zero attached hydrogens (tertiary/aromatic N) is 1. The molecule has 1 aliphatic rings. The van der Waals surface area contributed by atoms with E-state index in [1.54, 1.807) is 4.90 Å². The molecule has 1 aliphatic heterocycles. The third-order valence-corrected chi connectivity index (χ3v) is 5.59. The Balaban J connectivity index is 1.58. The normalized spacial score (nSPS) is 13.0. The predicted octanol–water partition coefficient (Wildman–Crippen LogP) is 4.95. The number of nitrogens with one attached hydrogen (secondary N) is 1. The summed E-state index contributed by atoms with van der Waals surface area (Å²) < 4.78 is 11.4. The molecule has 0 saturated heterocycles. The van der Waals surface area contributed by atoms with E-state index < -0.39 is 0 Å². The molecule has 0 radical (unpaired) electrons. The molecule has 2 aromatic rings. The Hall–Kier alpha value is -3.02. The van der Waals surface area contributed by atoms with E-state index in [-0.39, 0.29) is 24.3 Å². The molecule has 166 valence electrons. The molecular formula is C25H32N2O4. The monoisotopic (exact) mass is 424 g/mol. The minimum Gasteiger partial charge on any atom is -0.494 e. The second-order valence-electron chi connectivity index (χ2n) is 7.89. The van der Waals surface area contributed by atoms with Crippen LogP contribution in [0.4, 0.5) is 11.4 Å². The summed E-state index contributed by atoms with van der Waals surface area (Å²) in [5.74, 6) is 1.44. The molecule has 6 heteroatoms. The molecular weight excluding hydrogens is 392 g/mol. The van der Waals surface area contributed by atoms with Crippen molar-refractivity contribution in [2.24, 2.45) is 5.92 Å². The number of carbonyl (C=O) groups excluding carboxylic acids is 2. The number of carbonyl (C=O) groups is 2. The van der Waals surface area contributed by atoms with Crippen molar-refractivity contribution in [3.05, 3.63) is 48.0 Å². The average molecular weight is 425 g/mol. The Labute approximate surface area is 184 Å². The van der Waals surface area contributed by atoms with Gasteiger partial charge in [0, 0.05) is 18.2 Å². The third-order valence-electron chi connectivity index (χ3n) is 5.59. The number of fused-ring (bicyclic) bond motifs is 1. The van der Waals surface area contributed by atoms with E-state index >= 15 is 0 Å². The standard InChI is InChI=1S/C25H32N2O4/c1-4-19(5-2)25(29)26-20-10-13-23-22(16-20)27(24(28)17-31-23)14-6-7-15-30-21-11-8-18(3)9-12-21/h8-13,16,19H,4-7,14-15,17H2,1-3H3,(H,26,29). The smallest absolute Gasteiger partial charge is 0.265 e. The number of anilines is 2.